The first-order chi connectivity index (χ1) is 5.25. The maximum atomic E-state index is 11.2. The summed E-state index contributed by atoms with van der Waals surface area (Å²) in [5.41, 5.74) is 5.23. The Morgan fingerprint density at radius 1 is 1.73 bits per heavy atom. The van der Waals surface area contributed by atoms with Crippen LogP contribution in [0.1, 0.15) is 16.1 Å². The number of halogens is 1. The fourth-order valence-electron chi connectivity index (χ4n) is 0.737. The molecule has 60 valence electrons. The third-order valence-corrected chi connectivity index (χ3v) is 2.62. The van der Waals surface area contributed by atoms with Crippen molar-refractivity contribution in [3.05, 3.63) is 21.3 Å². The van der Waals surface area contributed by atoms with Gasteiger partial charge in [-0.25, -0.2) is 0 Å². The van der Waals surface area contributed by atoms with E-state index in [1.165, 1.54) is 11.3 Å². The van der Waals surface area contributed by atoms with E-state index in [9.17, 15) is 4.79 Å². The van der Waals surface area contributed by atoms with Gasteiger partial charge in [-0.3, -0.25) is 4.79 Å². The van der Waals surface area contributed by atoms with Crippen LogP contribution in [0.2, 0.25) is 5.02 Å². The minimum absolute atomic E-state index is 0.0347. The maximum Gasteiger partial charge on any atom is 0.175 e. The molecule has 2 N–H and O–H groups in total. The zero-order chi connectivity index (χ0) is 8.27. The zero-order valence-electron chi connectivity index (χ0n) is 5.84. The minimum atomic E-state index is 0.0347. The van der Waals surface area contributed by atoms with E-state index in [4.69, 9.17) is 17.3 Å². The Morgan fingerprint density at radius 3 is 2.91 bits per heavy atom. The summed E-state index contributed by atoms with van der Waals surface area (Å²) in [6, 6.07) is 1.72. The Balaban J connectivity index is 2.76. The van der Waals surface area contributed by atoms with Gasteiger partial charge in [-0.1, -0.05) is 11.6 Å². The van der Waals surface area contributed by atoms with Crippen LogP contribution in [-0.2, 0) is 0 Å². The molecule has 0 amide bonds. The quantitative estimate of drug-likeness (QED) is 0.739. The molecule has 1 rings (SSSR count). The summed E-state index contributed by atoms with van der Waals surface area (Å²) in [6.07, 6.45) is 0.375. The molecule has 0 spiro atoms. The fraction of sp³-hybridized carbons (Fsp3) is 0.286. The molecule has 0 unspecified atom stereocenters. The van der Waals surface area contributed by atoms with Gasteiger partial charge in [-0.2, -0.15) is 0 Å². The van der Waals surface area contributed by atoms with Gasteiger partial charge in [0, 0.05) is 6.42 Å². The average Bonchev–Trinajstić information content (AvgIpc) is 2.36. The lowest BCUT2D eigenvalue weighted by molar-refractivity contribution is 0.0989. The highest BCUT2D eigenvalue weighted by atomic mass is 35.5. The predicted molar refractivity (Wildman–Crippen MR) is 47.3 cm³/mol. The number of rotatable bonds is 3. The minimum Gasteiger partial charge on any atom is -0.330 e. The van der Waals surface area contributed by atoms with Crippen molar-refractivity contribution in [1.82, 2.24) is 0 Å². The second-order valence-electron chi connectivity index (χ2n) is 2.06. The Labute approximate surface area is 74.0 Å². The number of hydrogen-bond acceptors (Lipinski definition) is 3. The first-order valence-corrected chi connectivity index (χ1v) is 4.47. The second-order valence-corrected chi connectivity index (χ2v) is 3.38. The molecule has 0 radical (unpaired) electrons. The summed E-state index contributed by atoms with van der Waals surface area (Å²) in [4.78, 5) is 11.8. The van der Waals surface area contributed by atoms with Gasteiger partial charge in [0.15, 0.2) is 5.78 Å². The van der Waals surface area contributed by atoms with Crippen LogP contribution in [0, 0.1) is 0 Å². The molecule has 4 heteroatoms. The van der Waals surface area contributed by atoms with Crippen molar-refractivity contribution in [2.75, 3.05) is 6.54 Å². The summed E-state index contributed by atoms with van der Waals surface area (Å²) in [7, 11) is 0. The molecule has 0 saturated carbocycles. The van der Waals surface area contributed by atoms with Crippen molar-refractivity contribution < 1.29 is 4.79 Å². The lowest BCUT2D eigenvalue weighted by Gasteiger charge is -1.93. The van der Waals surface area contributed by atoms with E-state index in [2.05, 4.69) is 0 Å². The number of nitrogens with two attached hydrogens (primary N) is 1. The molecule has 2 nitrogen and oxygen atoms in total. The van der Waals surface area contributed by atoms with Crippen molar-refractivity contribution in [1.29, 1.82) is 0 Å². The third-order valence-electron chi connectivity index (χ3n) is 1.24. The van der Waals surface area contributed by atoms with Crippen molar-refractivity contribution in [2.24, 2.45) is 5.73 Å². The van der Waals surface area contributed by atoms with Gasteiger partial charge in [0.2, 0.25) is 0 Å². The number of ketones is 1. The van der Waals surface area contributed by atoms with E-state index >= 15 is 0 Å². The SMILES string of the molecule is NCCC(=O)c1sccc1Cl. The molecular weight excluding hydrogens is 182 g/mol. The predicted octanol–water partition coefficient (Wildman–Crippen LogP) is 1.93. The monoisotopic (exact) mass is 189 g/mol. The Kier molecular flexibility index (Phi) is 3.05. The molecule has 0 aliphatic carbocycles. The average molecular weight is 190 g/mol. The van der Waals surface area contributed by atoms with Crippen molar-refractivity contribution in [3.63, 3.8) is 0 Å². The number of carbonyl (C=O) groups excluding carboxylic acids is 1. The summed E-state index contributed by atoms with van der Waals surface area (Å²) in [5, 5.41) is 2.33. The van der Waals surface area contributed by atoms with Gasteiger partial charge in [0.05, 0.1) is 9.90 Å². The standard InChI is InChI=1S/C7H8ClNOS/c8-5-2-4-11-7(5)6(10)1-3-9/h2,4H,1,3,9H2. The van der Waals surface area contributed by atoms with Gasteiger partial charge in [0.1, 0.15) is 0 Å². The smallest absolute Gasteiger partial charge is 0.175 e. The molecule has 0 bridgehead atoms. The Bertz CT molecular complexity index is 259. The Hall–Kier alpha value is -0.380. The molecule has 1 aromatic heterocycles. The Morgan fingerprint density at radius 2 is 2.45 bits per heavy atom. The van der Waals surface area contributed by atoms with Crippen LogP contribution in [0.25, 0.3) is 0 Å². The summed E-state index contributed by atoms with van der Waals surface area (Å²) < 4.78 is 0. The van der Waals surface area contributed by atoms with Gasteiger partial charge < -0.3 is 5.73 Å². The van der Waals surface area contributed by atoms with E-state index in [1.54, 1.807) is 11.4 Å². The fourth-order valence-corrected chi connectivity index (χ4v) is 1.87. The normalized spacial score (nSPS) is 10.0. The number of hydrogen-bond donors (Lipinski definition) is 1. The lowest BCUT2D eigenvalue weighted by Crippen LogP contribution is -2.06. The summed E-state index contributed by atoms with van der Waals surface area (Å²) in [5.74, 6) is 0.0347. The largest absolute Gasteiger partial charge is 0.330 e. The highest BCUT2D eigenvalue weighted by Crippen LogP contribution is 2.22. The van der Waals surface area contributed by atoms with Crippen LogP contribution >= 0.6 is 22.9 Å². The van der Waals surface area contributed by atoms with Crippen molar-refractivity contribution in [3.8, 4) is 0 Å². The van der Waals surface area contributed by atoms with E-state index in [0.29, 0.717) is 22.9 Å². The topological polar surface area (TPSA) is 43.1 Å². The maximum absolute atomic E-state index is 11.2. The summed E-state index contributed by atoms with van der Waals surface area (Å²) >= 11 is 7.08. The van der Waals surface area contributed by atoms with Crippen LogP contribution in [-0.4, -0.2) is 12.3 Å². The van der Waals surface area contributed by atoms with Gasteiger partial charge in [0.25, 0.3) is 0 Å². The van der Waals surface area contributed by atoms with Crippen LogP contribution in [0.4, 0.5) is 0 Å². The molecule has 0 aliphatic rings. The molecule has 11 heavy (non-hydrogen) atoms. The molecule has 1 heterocycles. The molecule has 1 aromatic rings. The molecule has 0 aliphatic heterocycles. The second kappa shape index (κ2) is 3.85. The summed E-state index contributed by atoms with van der Waals surface area (Å²) in [6.45, 7) is 0.382. The number of thiophene rings is 1. The van der Waals surface area contributed by atoms with Crippen LogP contribution in [0.15, 0.2) is 11.4 Å². The van der Waals surface area contributed by atoms with Gasteiger partial charge in [-0.15, -0.1) is 11.3 Å². The molecule has 0 fully saturated rings. The molecule has 0 atom stereocenters. The first-order valence-electron chi connectivity index (χ1n) is 3.22. The molecule has 0 saturated heterocycles. The van der Waals surface area contributed by atoms with Crippen molar-refractivity contribution >= 4 is 28.7 Å². The number of carbonyl (C=O) groups is 1. The molecular formula is C7H8ClNOS. The first kappa shape index (κ1) is 8.71. The highest BCUT2D eigenvalue weighted by Gasteiger charge is 2.09. The highest BCUT2D eigenvalue weighted by molar-refractivity contribution is 7.12. The van der Waals surface area contributed by atoms with E-state index < -0.39 is 0 Å². The van der Waals surface area contributed by atoms with Gasteiger partial charge >= 0.3 is 0 Å². The zero-order valence-corrected chi connectivity index (χ0v) is 7.41. The van der Waals surface area contributed by atoms with E-state index in [-0.39, 0.29) is 5.78 Å². The van der Waals surface area contributed by atoms with Crippen molar-refractivity contribution in [2.45, 2.75) is 6.42 Å². The number of Topliss-reactive ketones (excluding diaryl/α,β-unsaturated/α-hetero) is 1. The van der Waals surface area contributed by atoms with Crippen LogP contribution in [0.3, 0.4) is 0 Å². The van der Waals surface area contributed by atoms with Gasteiger partial charge in [-0.05, 0) is 18.0 Å². The lowest BCUT2D eigenvalue weighted by atomic mass is 10.2. The van der Waals surface area contributed by atoms with Crippen LogP contribution in [0.5, 0.6) is 0 Å². The van der Waals surface area contributed by atoms with E-state index in [0.717, 1.165) is 0 Å². The van der Waals surface area contributed by atoms with Crippen LogP contribution < -0.4 is 5.73 Å². The molecule has 0 aromatic carbocycles. The third kappa shape index (κ3) is 2.02. The van der Waals surface area contributed by atoms with E-state index in [1.807, 2.05) is 0 Å².